The van der Waals surface area contributed by atoms with Crippen LogP contribution in [-0.2, 0) is 9.59 Å². The number of carbonyl (C=O) groups excluding carboxylic acids is 2. The van der Waals surface area contributed by atoms with Crippen LogP contribution in [0.4, 0.5) is 0 Å². The van der Waals surface area contributed by atoms with E-state index in [-0.39, 0.29) is 5.56 Å². The Bertz CT molecular complexity index is 663. The highest BCUT2D eigenvalue weighted by Gasteiger charge is 2.23. The number of carbonyl (C=O) groups is 3. The molecule has 0 bridgehead atoms. The van der Waals surface area contributed by atoms with E-state index < -0.39 is 30.9 Å². The fourth-order valence-corrected chi connectivity index (χ4v) is 1.82. The lowest BCUT2D eigenvalue weighted by molar-refractivity contribution is -0.138. The van der Waals surface area contributed by atoms with Crippen molar-refractivity contribution in [3.63, 3.8) is 0 Å². The van der Waals surface area contributed by atoms with E-state index in [1.807, 2.05) is 0 Å². The number of aliphatic carboxylic acids is 1. The number of pyridine rings is 1. The maximum Gasteiger partial charge on any atom is 0.323 e. The smallest absolute Gasteiger partial charge is 0.323 e. The van der Waals surface area contributed by atoms with Gasteiger partial charge in [-0.1, -0.05) is 6.07 Å². The zero-order chi connectivity index (χ0) is 14.7. The van der Waals surface area contributed by atoms with Crippen LogP contribution in [0.2, 0.25) is 0 Å². The lowest BCUT2D eigenvalue weighted by Crippen LogP contribution is -2.41. The van der Waals surface area contributed by atoms with Gasteiger partial charge in [0.05, 0.1) is 17.3 Å². The highest BCUT2D eigenvalue weighted by Crippen LogP contribution is 2.12. The molecule has 0 atom stereocenters. The molecule has 0 saturated heterocycles. The maximum atomic E-state index is 12.3. The predicted molar refractivity (Wildman–Crippen MR) is 67.9 cm³/mol. The first-order chi connectivity index (χ1) is 9.49. The Labute approximate surface area is 113 Å². The van der Waals surface area contributed by atoms with Gasteiger partial charge in [0.1, 0.15) is 13.1 Å². The van der Waals surface area contributed by atoms with Gasteiger partial charge in [-0.15, -0.1) is 0 Å². The van der Waals surface area contributed by atoms with Gasteiger partial charge in [0.15, 0.2) is 0 Å². The molecule has 0 unspecified atom stereocenters. The molecule has 0 aliphatic heterocycles. The molecule has 104 valence electrons. The average molecular weight is 276 g/mol. The van der Waals surface area contributed by atoms with Crippen molar-refractivity contribution >= 4 is 23.3 Å². The summed E-state index contributed by atoms with van der Waals surface area (Å²) in [4.78, 5) is 34.9. The van der Waals surface area contributed by atoms with Crippen molar-refractivity contribution < 1.29 is 19.5 Å². The lowest BCUT2D eigenvalue weighted by atomic mass is 10.2. The minimum absolute atomic E-state index is 0.216. The number of rotatable bonds is 5. The van der Waals surface area contributed by atoms with Crippen molar-refractivity contribution in [1.82, 2.24) is 14.5 Å². The second-order valence-corrected chi connectivity index (χ2v) is 4.11. The normalized spacial score (nSPS) is 10.4. The van der Waals surface area contributed by atoms with Crippen LogP contribution in [0.3, 0.4) is 0 Å². The summed E-state index contributed by atoms with van der Waals surface area (Å²) >= 11 is 0. The molecule has 8 heteroatoms. The summed E-state index contributed by atoms with van der Waals surface area (Å²) < 4.78 is 1.48. The summed E-state index contributed by atoms with van der Waals surface area (Å²) in [5.74, 6) is -2.61. The first-order valence-corrected chi connectivity index (χ1v) is 5.71. The third kappa shape index (κ3) is 2.74. The number of aromatic nitrogens is 2. The molecule has 0 spiro atoms. The monoisotopic (exact) mass is 276 g/mol. The van der Waals surface area contributed by atoms with E-state index in [1.54, 1.807) is 24.4 Å². The van der Waals surface area contributed by atoms with Crippen LogP contribution < -0.4 is 5.73 Å². The molecule has 3 N–H and O–H groups in total. The van der Waals surface area contributed by atoms with Gasteiger partial charge in [0, 0.05) is 6.20 Å². The molecule has 0 fully saturated rings. The first kappa shape index (κ1) is 13.5. The highest BCUT2D eigenvalue weighted by molar-refractivity contribution is 6.03. The second kappa shape index (κ2) is 5.39. The van der Waals surface area contributed by atoms with Crippen LogP contribution in [0.25, 0.3) is 5.52 Å². The number of amides is 2. The molecule has 0 aliphatic rings. The molecule has 2 amide bonds. The minimum atomic E-state index is -1.23. The summed E-state index contributed by atoms with van der Waals surface area (Å²) in [5, 5.41) is 12.8. The SMILES string of the molecule is NC(=O)CN(CC(=O)O)C(=O)c1cnn2ccccc12. The minimum Gasteiger partial charge on any atom is -0.480 e. The summed E-state index contributed by atoms with van der Waals surface area (Å²) in [5.41, 5.74) is 5.77. The van der Waals surface area contributed by atoms with Crippen LogP contribution in [0.1, 0.15) is 10.4 Å². The zero-order valence-electron chi connectivity index (χ0n) is 10.4. The van der Waals surface area contributed by atoms with Crippen LogP contribution in [-0.4, -0.2) is 50.5 Å². The van der Waals surface area contributed by atoms with E-state index in [2.05, 4.69) is 5.10 Å². The average Bonchev–Trinajstić information content (AvgIpc) is 2.79. The molecular weight excluding hydrogens is 264 g/mol. The highest BCUT2D eigenvalue weighted by atomic mass is 16.4. The summed E-state index contributed by atoms with van der Waals surface area (Å²) in [6, 6.07) is 5.14. The topological polar surface area (TPSA) is 118 Å². The molecule has 2 rings (SSSR count). The van der Waals surface area contributed by atoms with E-state index in [0.717, 1.165) is 4.90 Å². The van der Waals surface area contributed by atoms with Crippen molar-refractivity contribution in [3.05, 3.63) is 36.2 Å². The number of fused-ring (bicyclic) bond motifs is 1. The van der Waals surface area contributed by atoms with Crippen molar-refractivity contribution in [2.45, 2.75) is 0 Å². The van der Waals surface area contributed by atoms with Crippen LogP contribution in [0, 0.1) is 0 Å². The van der Waals surface area contributed by atoms with E-state index >= 15 is 0 Å². The molecule has 2 aromatic heterocycles. The molecule has 2 aromatic rings. The Morgan fingerprint density at radius 2 is 2.05 bits per heavy atom. The third-order valence-electron chi connectivity index (χ3n) is 2.62. The summed E-state index contributed by atoms with van der Waals surface area (Å²) in [6.45, 7) is -1.07. The molecule has 8 nitrogen and oxygen atoms in total. The lowest BCUT2D eigenvalue weighted by Gasteiger charge is -2.18. The standard InChI is InChI=1S/C12H12N4O4/c13-10(17)6-15(7-11(18)19)12(20)8-5-14-16-4-2-1-3-9(8)16/h1-5H,6-7H2,(H2,13,17)(H,18,19). The number of hydrogen-bond donors (Lipinski definition) is 2. The van der Waals surface area contributed by atoms with Crippen molar-refractivity contribution in [1.29, 1.82) is 0 Å². The van der Waals surface area contributed by atoms with Gasteiger partial charge in [0.2, 0.25) is 5.91 Å². The summed E-state index contributed by atoms with van der Waals surface area (Å²) in [6.07, 6.45) is 2.98. The van der Waals surface area contributed by atoms with Crippen molar-refractivity contribution in [2.75, 3.05) is 13.1 Å². The first-order valence-electron chi connectivity index (χ1n) is 5.71. The number of hydrogen-bond acceptors (Lipinski definition) is 4. The Kier molecular flexibility index (Phi) is 3.65. The second-order valence-electron chi connectivity index (χ2n) is 4.11. The van der Waals surface area contributed by atoms with E-state index in [0.29, 0.717) is 5.52 Å². The van der Waals surface area contributed by atoms with Crippen LogP contribution >= 0.6 is 0 Å². The fraction of sp³-hybridized carbons (Fsp3) is 0.167. The largest absolute Gasteiger partial charge is 0.480 e. The van der Waals surface area contributed by atoms with Gasteiger partial charge >= 0.3 is 5.97 Å². The van der Waals surface area contributed by atoms with Gasteiger partial charge in [-0.25, -0.2) is 4.52 Å². The molecular formula is C12H12N4O4. The molecule has 2 heterocycles. The van der Waals surface area contributed by atoms with E-state index in [4.69, 9.17) is 10.8 Å². The number of nitrogens with zero attached hydrogens (tertiary/aromatic N) is 3. The quantitative estimate of drug-likeness (QED) is 0.752. The molecule has 0 saturated carbocycles. The van der Waals surface area contributed by atoms with Gasteiger partial charge in [-0.2, -0.15) is 5.10 Å². The maximum absolute atomic E-state index is 12.3. The van der Waals surface area contributed by atoms with Gasteiger partial charge in [-0.05, 0) is 12.1 Å². The number of nitrogens with two attached hydrogens (primary N) is 1. The van der Waals surface area contributed by atoms with Crippen molar-refractivity contribution in [2.24, 2.45) is 5.73 Å². The number of primary amides is 1. The summed E-state index contributed by atoms with van der Waals surface area (Å²) in [7, 11) is 0. The van der Waals surface area contributed by atoms with Gasteiger partial charge in [-0.3, -0.25) is 14.4 Å². The Hall–Kier alpha value is -2.90. The Balaban J connectivity index is 2.35. The third-order valence-corrected chi connectivity index (χ3v) is 2.62. The Morgan fingerprint density at radius 3 is 2.70 bits per heavy atom. The number of carboxylic acid groups (broad SMARTS) is 1. The van der Waals surface area contributed by atoms with Gasteiger partial charge in [0.25, 0.3) is 5.91 Å². The predicted octanol–water partition coefficient (Wildman–Crippen LogP) is -0.654. The Morgan fingerprint density at radius 1 is 1.30 bits per heavy atom. The number of carboxylic acids is 1. The fourth-order valence-electron chi connectivity index (χ4n) is 1.82. The van der Waals surface area contributed by atoms with Crippen LogP contribution in [0.5, 0.6) is 0 Å². The van der Waals surface area contributed by atoms with E-state index in [1.165, 1.54) is 10.7 Å². The zero-order valence-corrected chi connectivity index (χ0v) is 10.4. The van der Waals surface area contributed by atoms with E-state index in [9.17, 15) is 14.4 Å². The van der Waals surface area contributed by atoms with Gasteiger partial charge < -0.3 is 15.7 Å². The van der Waals surface area contributed by atoms with Crippen molar-refractivity contribution in [3.8, 4) is 0 Å². The molecule has 0 radical (unpaired) electrons. The van der Waals surface area contributed by atoms with Crippen LogP contribution in [0.15, 0.2) is 30.6 Å². The molecule has 0 aromatic carbocycles. The molecule has 20 heavy (non-hydrogen) atoms. The molecule has 0 aliphatic carbocycles.